The quantitative estimate of drug-likeness (QED) is 0.794. The number of hydrogen-bond acceptors (Lipinski definition) is 2. The smallest absolute Gasteiger partial charge is 0.250 e. The number of rotatable bonds is 1. The van der Waals surface area contributed by atoms with Gasteiger partial charge in [0.15, 0.2) is 5.11 Å². The van der Waals surface area contributed by atoms with Gasteiger partial charge in [-0.25, -0.2) is 0 Å². The maximum Gasteiger partial charge on any atom is 0.250 e. The van der Waals surface area contributed by atoms with Crippen molar-refractivity contribution in [3.63, 3.8) is 0 Å². The summed E-state index contributed by atoms with van der Waals surface area (Å²) in [5.41, 5.74) is 1.35. The molecule has 5 rings (SSSR count). The van der Waals surface area contributed by atoms with Gasteiger partial charge in [0.05, 0.1) is 0 Å². The molecule has 5 heteroatoms. The summed E-state index contributed by atoms with van der Waals surface area (Å²) in [6.07, 6.45) is 6.71. The van der Waals surface area contributed by atoms with Crippen LogP contribution >= 0.6 is 12.2 Å². The third-order valence-electron chi connectivity index (χ3n) is 6.81. The fraction of sp³-hybridized carbons (Fsp3) is 0.684. The van der Waals surface area contributed by atoms with Crippen molar-refractivity contribution in [2.45, 2.75) is 50.6 Å². The number of nitrogens with zero attached hydrogens (tertiary/aromatic N) is 2. The van der Waals surface area contributed by atoms with Crippen LogP contribution < -0.4 is 10.9 Å². The highest BCUT2D eigenvalue weighted by molar-refractivity contribution is 7.80. The summed E-state index contributed by atoms with van der Waals surface area (Å²) in [4.78, 5) is 14.5. The Bertz CT molecular complexity index is 730. The number of pyridine rings is 1. The van der Waals surface area contributed by atoms with Gasteiger partial charge >= 0.3 is 0 Å². The van der Waals surface area contributed by atoms with Gasteiger partial charge in [0.25, 0.3) is 5.56 Å². The Labute approximate surface area is 148 Å². The molecule has 5 atom stereocenters. The van der Waals surface area contributed by atoms with Gasteiger partial charge in [-0.2, -0.15) is 0 Å². The van der Waals surface area contributed by atoms with Crippen LogP contribution in [-0.4, -0.2) is 33.7 Å². The molecule has 0 radical (unpaired) electrons. The van der Waals surface area contributed by atoms with E-state index < -0.39 is 0 Å². The number of likely N-dealkylation sites (tertiary alicyclic amines) is 1. The molecule has 3 fully saturated rings. The molecular formula is C19H25N3OS. The van der Waals surface area contributed by atoms with Gasteiger partial charge in [-0.1, -0.05) is 12.5 Å². The molecule has 4 aliphatic rings. The minimum atomic E-state index is 0.151. The van der Waals surface area contributed by atoms with E-state index in [1.54, 1.807) is 6.07 Å². The molecule has 2 aliphatic heterocycles. The summed E-state index contributed by atoms with van der Waals surface area (Å²) in [5.74, 6) is 2.76. The summed E-state index contributed by atoms with van der Waals surface area (Å²) in [5, 5.41) is 4.65. The molecule has 1 saturated heterocycles. The minimum absolute atomic E-state index is 0.151. The number of hydrogen-bond donors (Lipinski definition) is 1. The number of piperidine rings is 1. The fourth-order valence-electron chi connectivity index (χ4n) is 5.73. The van der Waals surface area contributed by atoms with E-state index in [9.17, 15) is 4.79 Å². The van der Waals surface area contributed by atoms with Crippen molar-refractivity contribution < 1.29 is 0 Å². The molecule has 2 aliphatic carbocycles. The first-order valence-electron chi connectivity index (χ1n) is 9.42. The van der Waals surface area contributed by atoms with Crippen molar-refractivity contribution in [2.24, 2.45) is 17.8 Å². The Balaban J connectivity index is 1.31. The molecule has 0 spiro atoms. The second-order valence-corrected chi connectivity index (χ2v) is 8.72. The van der Waals surface area contributed by atoms with Crippen molar-refractivity contribution in [1.29, 1.82) is 0 Å². The van der Waals surface area contributed by atoms with E-state index in [2.05, 4.69) is 16.3 Å². The maximum atomic E-state index is 12.1. The molecule has 1 N–H and O–H groups in total. The van der Waals surface area contributed by atoms with Crippen molar-refractivity contribution in [1.82, 2.24) is 14.8 Å². The van der Waals surface area contributed by atoms with Crippen LogP contribution in [0, 0.1) is 17.8 Å². The fourth-order valence-corrected chi connectivity index (χ4v) is 6.03. The normalized spacial score (nSPS) is 36.5. The van der Waals surface area contributed by atoms with Crippen LogP contribution in [0.5, 0.6) is 0 Å². The molecule has 1 aromatic heterocycles. The van der Waals surface area contributed by atoms with Crippen LogP contribution in [0.2, 0.25) is 0 Å². The van der Waals surface area contributed by atoms with E-state index in [1.807, 2.05) is 10.6 Å². The van der Waals surface area contributed by atoms with Gasteiger partial charge in [-0.3, -0.25) is 4.79 Å². The molecular weight excluding hydrogens is 318 g/mol. The van der Waals surface area contributed by atoms with Crippen LogP contribution in [0.15, 0.2) is 23.0 Å². The largest absolute Gasteiger partial charge is 0.360 e. The first-order chi connectivity index (χ1) is 11.7. The number of fused-ring (bicyclic) bond motifs is 6. The van der Waals surface area contributed by atoms with Gasteiger partial charge in [-0.15, -0.1) is 0 Å². The van der Waals surface area contributed by atoms with Crippen LogP contribution in [0.1, 0.15) is 43.7 Å². The van der Waals surface area contributed by atoms with E-state index in [-0.39, 0.29) is 5.56 Å². The van der Waals surface area contributed by atoms with Gasteiger partial charge in [0, 0.05) is 43.4 Å². The van der Waals surface area contributed by atoms with E-state index in [1.165, 1.54) is 37.8 Å². The third kappa shape index (κ3) is 2.40. The van der Waals surface area contributed by atoms with Crippen LogP contribution in [0.3, 0.4) is 0 Å². The van der Waals surface area contributed by atoms with Crippen molar-refractivity contribution in [3.8, 4) is 0 Å². The average molecular weight is 343 g/mol. The van der Waals surface area contributed by atoms with Crippen LogP contribution in [-0.2, 0) is 6.54 Å². The molecule has 24 heavy (non-hydrogen) atoms. The van der Waals surface area contributed by atoms with Crippen LogP contribution in [0.4, 0.5) is 0 Å². The monoisotopic (exact) mass is 343 g/mol. The van der Waals surface area contributed by atoms with Gasteiger partial charge in [-0.05, 0) is 61.7 Å². The lowest BCUT2D eigenvalue weighted by Crippen LogP contribution is -2.54. The summed E-state index contributed by atoms with van der Waals surface area (Å²) >= 11 is 5.77. The lowest BCUT2D eigenvalue weighted by molar-refractivity contribution is 0.175. The van der Waals surface area contributed by atoms with Gasteiger partial charge in [0.1, 0.15) is 0 Å². The topological polar surface area (TPSA) is 37.3 Å². The predicted octanol–water partition coefficient (Wildman–Crippen LogP) is 2.33. The lowest BCUT2D eigenvalue weighted by Gasteiger charge is -2.44. The molecule has 1 aromatic rings. The zero-order chi connectivity index (χ0) is 16.3. The van der Waals surface area contributed by atoms with Crippen molar-refractivity contribution in [2.75, 3.05) is 13.1 Å². The molecule has 0 unspecified atom stereocenters. The zero-order valence-electron chi connectivity index (χ0n) is 14.0. The Kier molecular flexibility index (Phi) is 3.47. The Morgan fingerprint density at radius 3 is 2.79 bits per heavy atom. The van der Waals surface area contributed by atoms with E-state index >= 15 is 0 Å². The summed E-state index contributed by atoms with van der Waals surface area (Å²) in [6.45, 7) is 2.79. The highest BCUT2D eigenvalue weighted by atomic mass is 32.1. The minimum Gasteiger partial charge on any atom is -0.360 e. The molecule has 0 aromatic carbocycles. The Hall–Kier alpha value is -1.36. The summed E-state index contributed by atoms with van der Waals surface area (Å²) in [6, 6.07) is 6.31. The van der Waals surface area contributed by atoms with E-state index in [4.69, 9.17) is 12.2 Å². The number of nitrogens with one attached hydrogen (secondary N) is 1. The Morgan fingerprint density at radius 2 is 2.00 bits per heavy atom. The van der Waals surface area contributed by atoms with E-state index in [0.717, 1.165) is 36.6 Å². The first-order valence-corrected chi connectivity index (χ1v) is 9.83. The molecule has 4 bridgehead atoms. The SMILES string of the molecule is O=c1cccc2n1C[C@H]1C[C@@H]2CN(C(=S)N[C@H]2C[C@H]3CC[C@H]2C3)C1. The summed E-state index contributed by atoms with van der Waals surface area (Å²) in [7, 11) is 0. The third-order valence-corrected chi connectivity index (χ3v) is 7.19. The van der Waals surface area contributed by atoms with E-state index in [0.29, 0.717) is 17.9 Å². The average Bonchev–Trinajstić information content (AvgIpc) is 3.18. The second-order valence-electron chi connectivity index (χ2n) is 8.33. The molecule has 3 heterocycles. The standard InChI is InChI=1S/C19H25N3OS/c23-18-3-1-2-17-15-7-13(10-22(17)18)9-21(11-15)19(24)20-16-8-12-4-5-14(16)6-12/h1-3,12-16H,4-11H2,(H,20,24)/t12-,13-,14-,15+,16-/m0/s1. The van der Waals surface area contributed by atoms with Gasteiger partial charge in [0.2, 0.25) is 0 Å². The predicted molar refractivity (Wildman–Crippen MR) is 98.1 cm³/mol. The molecule has 128 valence electrons. The highest BCUT2D eigenvalue weighted by Crippen LogP contribution is 2.44. The Morgan fingerprint density at radius 1 is 1.08 bits per heavy atom. The van der Waals surface area contributed by atoms with Crippen molar-refractivity contribution >= 4 is 17.3 Å². The van der Waals surface area contributed by atoms with Crippen molar-refractivity contribution in [3.05, 3.63) is 34.2 Å². The number of aromatic nitrogens is 1. The maximum absolute atomic E-state index is 12.1. The highest BCUT2D eigenvalue weighted by Gasteiger charge is 2.41. The first kappa shape index (κ1) is 14.9. The molecule has 4 nitrogen and oxygen atoms in total. The second kappa shape index (κ2) is 5.58. The molecule has 2 saturated carbocycles. The number of thiocarbonyl (C=S) groups is 1. The van der Waals surface area contributed by atoms with Crippen LogP contribution in [0.25, 0.3) is 0 Å². The summed E-state index contributed by atoms with van der Waals surface area (Å²) < 4.78 is 1.99. The zero-order valence-corrected chi connectivity index (χ0v) is 14.8. The molecule has 0 amide bonds. The lowest BCUT2D eigenvalue weighted by atomic mass is 9.83. The van der Waals surface area contributed by atoms with Gasteiger partial charge < -0.3 is 14.8 Å².